The fraction of sp³-hybridized carbons (Fsp3) is 0.550. The first-order valence-electron chi connectivity index (χ1n) is 9.26. The van der Waals surface area contributed by atoms with Crippen molar-refractivity contribution in [2.24, 2.45) is 5.92 Å². The second kappa shape index (κ2) is 9.36. The third kappa shape index (κ3) is 5.58. The van der Waals surface area contributed by atoms with Crippen LogP contribution in [0.4, 0.5) is 5.69 Å². The summed E-state index contributed by atoms with van der Waals surface area (Å²) in [5.41, 5.74) is 0.914. The van der Waals surface area contributed by atoms with Crippen molar-refractivity contribution in [3.8, 4) is 5.75 Å². The predicted octanol–water partition coefficient (Wildman–Crippen LogP) is 3.27. The smallest absolute Gasteiger partial charge is 0.260 e. The van der Waals surface area contributed by atoms with E-state index in [1.807, 2.05) is 11.8 Å². The minimum Gasteiger partial charge on any atom is -0.483 e. The van der Waals surface area contributed by atoms with Crippen LogP contribution in [0.1, 0.15) is 56.8 Å². The summed E-state index contributed by atoms with van der Waals surface area (Å²) >= 11 is 0. The highest BCUT2D eigenvalue weighted by Gasteiger charge is 2.21. The predicted molar refractivity (Wildman–Crippen MR) is 100 cm³/mol. The van der Waals surface area contributed by atoms with Crippen LogP contribution in [-0.4, -0.2) is 42.2 Å². The summed E-state index contributed by atoms with van der Waals surface area (Å²) in [5.74, 6) is 0.687. The minimum absolute atomic E-state index is 0.0632. The molecule has 0 unspecified atom stereocenters. The first-order valence-corrected chi connectivity index (χ1v) is 9.26. The number of hydrogen-bond acceptors (Lipinski definition) is 4. The van der Waals surface area contributed by atoms with E-state index in [0.717, 1.165) is 32.4 Å². The van der Waals surface area contributed by atoms with E-state index in [1.165, 1.54) is 6.92 Å². The number of hydrogen-bond donors (Lipinski definition) is 1. The monoisotopic (exact) mass is 360 g/mol. The lowest BCUT2D eigenvalue weighted by atomic mass is 9.99. The number of anilines is 1. The quantitative estimate of drug-likeness (QED) is 0.757. The maximum atomic E-state index is 12.3. The van der Waals surface area contributed by atoms with Crippen LogP contribution in [0.3, 0.4) is 0 Å². The molecule has 0 aliphatic carbocycles. The number of Topliss-reactive ketones (excluding diaryl/α,β-unsaturated/α-hetero) is 1. The number of amides is 2. The Bertz CT molecular complexity index is 664. The number of ketones is 1. The summed E-state index contributed by atoms with van der Waals surface area (Å²) < 4.78 is 5.62. The molecule has 1 aliphatic heterocycles. The Morgan fingerprint density at radius 1 is 1.23 bits per heavy atom. The van der Waals surface area contributed by atoms with Gasteiger partial charge in [-0.1, -0.05) is 13.8 Å². The normalized spacial score (nSPS) is 14.8. The van der Waals surface area contributed by atoms with Crippen molar-refractivity contribution in [3.63, 3.8) is 0 Å². The first kappa shape index (κ1) is 19.9. The van der Waals surface area contributed by atoms with Crippen LogP contribution < -0.4 is 10.1 Å². The number of nitrogens with zero attached hydrogens (tertiary/aromatic N) is 1. The molecule has 26 heavy (non-hydrogen) atoms. The molecule has 1 aromatic carbocycles. The van der Waals surface area contributed by atoms with Gasteiger partial charge in [-0.15, -0.1) is 0 Å². The lowest BCUT2D eigenvalue weighted by Crippen LogP contribution is -2.40. The zero-order chi connectivity index (χ0) is 19.1. The van der Waals surface area contributed by atoms with Crippen LogP contribution in [0.25, 0.3) is 0 Å². The van der Waals surface area contributed by atoms with Gasteiger partial charge in [0.05, 0.1) is 5.56 Å². The second-order valence-corrected chi connectivity index (χ2v) is 6.92. The van der Waals surface area contributed by atoms with Crippen LogP contribution >= 0.6 is 0 Å². The van der Waals surface area contributed by atoms with E-state index >= 15 is 0 Å². The molecule has 6 heteroatoms. The number of benzene rings is 1. The average molecular weight is 360 g/mol. The molecule has 0 atom stereocenters. The molecule has 1 N–H and O–H groups in total. The number of nitrogens with one attached hydrogen (secondary N) is 1. The van der Waals surface area contributed by atoms with Gasteiger partial charge in [0.1, 0.15) is 5.75 Å². The number of carbonyl (C=O) groups excluding carboxylic acids is 3. The molecule has 1 saturated heterocycles. The zero-order valence-corrected chi connectivity index (χ0v) is 15.8. The van der Waals surface area contributed by atoms with Crippen LogP contribution in [0.5, 0.6) is 5.75 Å². The van der Waals surface area contributed by atoms with Gasteiger partial charge < -0.3 is 15.0 Å². The summed E-state index contributed by atoms with van der Waals surface area (Å²) in [6.45, 7) is 6.98. The van der Waals surface area contributed by atoms with Crippen molar-refractivity contribution < 1.29 is 19.1 Å². The van der Waals surface area contributed by atoms with E-state index in [-0.39, 0.29) is 24.2 Å². The SMILES string of the molecule is CCCC(=O)Nc1ccc(OCC(=O)N2CCC(C)CC2)c(C(C)=O)c1. The Morgan fingerprint density at radius 3 is 2.54 bits per heavy atom. The van der Waals surface area contributed by atoms with Crippen molar-refractivity contribution in [2.75, 3.05) is 25.0 Å². The molecule has 142 valence electrons. The average Bonchev–Trinajstić information content (AvgIpc) is 2.61. The van der Waals surface area contributed by atoms with E-state index < -0.39 is 0 Å². The van der Waals surface area contributed by atoms with Crippen molar-refractivity contribution in [3.05, 3.63) is 23.8 Å². The molecule has 1 aliphatic rings. The molecule has 0 radical (unpaired) electrons. The summed E-state index contributed by atoms with van der Waals surface area (Å²) in [4.78, 5) is 37.8. The molecule has 1 aromatic rings. The molecule has 2 amide bonds. The first-order chi connectivity index (χ1) is 12.4. The largest absolute Gasteiger partial charge is 0.483 e. The van der Waals surface area contributed by atoms with Gasteiger partial charge >= 0.3 is 0 Å². The van der Waals surface area contributed by atoms with E-state index in [2.05, 4.69) is 12.2 Å². The highest BCUT2D eigenvalue weighted by atomic mass is 16.5. The van der Waals surface area contributed by atoms with E-state index in [1.54, 1.807) is 18.2 Å². The van der Waals surface area contributed by atoms with Gasteiger partial charge in [-0.25, -0.2) is 0 Å². The summed E-state index contributed by atoms with van der Waals surface area (Å²) in [7, 11) is 0. The Kier molecular flexibility index (Phi) is 7.18. The number of piperidine rings is 1. The molecule has 0 saturated carbocycles. The third-order valence-electron chi connectivity index (χ3n) is 4.61. The van der Waals surface area contributed by atoms with Crippen molar-refractivity contribution in [1.82, 2.24) is 4.90 Å². The standard InChI is InChI=1S/C20H28N2O4/c1-4-5-19(24)21-16-6-7-18(17(12-16)15(3)23)26-13-20(25)22-10-8-14(2)9-11-22/h6-7,12,14H,4-5,8-11,13H2,1-3H3,(H,21,24). The van der Waals surface area contributed by atoms with Gasteiger partial charge in [-0.2, -0.15) is 0 Å². The van der Waals surface area contributed by atoms with Crippen LogP contribution in [-0.2, 0) is 9.59 Å². The second-order valence-electron chi connectivity index (χ2n) is 6.92. The highest BCUT2D eigenvalue weighted by Crippen LogP contribution is 2.24. The minimum atomic E-state index is -0.175. The van der Waals surface area contributed by atoms with Gasteiger partial charge in [0.2, 0.25) is 5.91 Å². The van der Waals surface area contributed by atoms with Gasteiger partial charge in [-0.3, -0.25) is 14.4 Å². The molecular formula is C20H28N2O4. The summed E-state index contributed by atoms with van der Waals surface area (Å²) in [6, 6.07) is 4.91. The zero-order valence-electron chi connectivity index (χ0n) is 15.8. The van der Waals surface area contributed by atoms with E-state index in [4.69, 9.17) is 4.74 Å². The molecule has 0 aromatic heterocycles. The van der Waals surface area contributed by atoms with E-state index in [9.17, 15) is 14.4 Å². The van der Waals surface area contributed by atoms with Crippen LogP contribution in [0.15, 0.2) is 18.2 Å². The van der Waals surface area contributed by atoms with Crippen LogP contribution in [0.2, 0.25) is 0 Å². The molecular weight excluding hydrogens is 332 g/mol. The third-order valence-corrected chi connectivity index (χ3v) is 4.61. The van der Waals surface area contributed by atoms with Gasteiger partial charge in [0.15, 0.2) is 12.4 Å². The number of ether oxygens (including phenoxy) is 1. The summed E-state index contributed by atoms with van der Waals surface area (Å²) in [6.07, 6.45) is 3.20. The lowest BCUT2D eigenvalue weighted by molar-refractivity contribution is -0.134. The van der Waals surface area contributed by atoms with Gasteiger partial charge in [-0.05, 0) is 50.3 Å². The number of likely N-dealkylation sites (tertiary alicyclic amines) is 1. The Labute approximate surface area is 154 Å². The summed E-state index contributed by atoms with van der Waals surface area (Å²) in [5, 5.41) is 2.76. The highest BCUT2D eigenvalue weighted by molar-refractivity contribution is 5.99. The fourth-order valence-corrected chi connectivity index (χ4v) is 2.95. The number of rotatable bonds is 7. The lowest BCUT2D eigenvalue weighted by Gasteiger charge is -2.30. The van der Waals surface area contributed by atoms with Crippen LogP contribution in [0, 0.1) is 5.92 Å². The molecule has 2 rings (SSSR count). The fourth-order valence-electron chi connectivity index (χ4n) is 2.95. The van der Waals surface area contributed by atoms with Crippen molar-refractivity contribution >= 4 is 23.3 Å². The Balaban J connectivity index is 2.00. The maximum absolute atomic E-state index is 12.3. The number of carbonyl (C=O) groups is 3. The van der Waals surface area contributed by atoms with Gasteiger partial charge in [0, 0.05) is 25.2 Å². The van der Waals surface area contributed by atoms with Crippen molar-refractivity contribution in [1.29, 1.82) is 0 Å². The van der Waals surface area contributed by atoms with Gasteiger partial charge in [0.25, 0.3) is 5.91 Å². The van der Waals surface area contributed by atoms with E-state index in [0.29, 0.717) is 29.3 Å². The molecule has 0 spiro atoms. The maximum Gasteiger partial charge on any atom is 0.260 e. The molecule has 6 nitrogen and oxygen atoms in total. The van der Waals surface area contributed by atoms with Crippen molar-refractivity contribution in [2.45, 2.75) is 46.5 Å². The Hall–Kier alpha value is -2.37. The topological polar surface area (TPSA) is 75.7 Å². The molecule has 1 heterocycles. The Morgan fingerprint density at radius 2 is 1.92 bits per heavy atom. The molecule has 0 bridgehead atoms. The molecule has 1 fully saturated rings.